The van der Waals surface area contributed by atoms with Crippen LogP contribution >= 0.6 is 23.4 Å². The molecule has 3 rings (SSSR count). The third-order valence-electron chi connectivity index (χ3n) is 4.00. The zero-order valence-electron chi connectivity index (χ0n) is 15.1. The second kappa shape index (κ2) is 9.44. The molecule has 0 aromatic heterocycles. The quantitative estimate of drug-likeness (QED) is 0.419. The molecule has 6 heteroatoms. The highest BCUT2D eigenvalue weighted by Gasteiger charge is 2.15. The van der Waals surface area contributed by atoms with E-state index in [-0.39, 0.29) is 16.5 Å². The third-order valence-corrected chi connectivity index (χ3v) is 5.47. The highest BCUT2D eigenvalue weighted by molar-refractivity contribution is 7.98. The van der Waals surface area contributed by atoms with Crippen LogP contribution in [0.3, 0.4) is 0 Å². The fourth-order valence-corrected chi connectivity index (χ4v) is 3.78. The van der Waals surface area contributed by atoms with Gasteiger partial charge in [0.15, 0.2) is 0 Å². The summed E-state index contributed by atoms with van der Waals surface area (Å²) in [5.41, 5.74) is 2.42. The van der Waals surface area contributed by atoms with E-state index in [4.69, 9.17) is 16.3 Å². The van der Waals surface area contributed by atoms with Crippen LogP contribution in [0.1, 0.15) is 26.3 Å². The number of methoxy groups -OCH3 is 1. The van der Waals surface area contributed by atoms with Crippen molar-refractivity contribution in [3.05, 3.63) is 94.5 Å². The maximum absolute atomic E-state index is 12.8. The number of nitrogens with one attached hydrogen (secondary N) is 1. The maximum Gasteiger partial charge on any atom is 0.339 e. The van der Waals surface area contributed by atoms with Crippen LogP contribution in [0.25, 0.3) is 0 Å². The summed E-state index contributed by atoms with van der Waals surface area (Å²) < 4.78 is 4.72. The summed E-state index contributed by atoms with van der Waals surface area (Å²) in [4.78, 5) is 25.5. The number of hydrogen-bond acceptors (Lipinski definition) is 4. The number of amides is 1. The monoisotopic (exact) mass is 411 g/mol. The van der Waals surface area contributed by atoms with Gasteiger partial charge in [-0.2, -0.15) is 0 Å². The summed E-state index contributed by atoms with van der Waals surface area (Å²) in [6.07, 6.45) is 0. The number of anilines is 1. The van der Waals surface area contributed by atoms with E-state index >= 15 is 0 Å². The first-order chi connectivity index (χ1) is 13.6. The van der Waals surface area contributed by atoms with Gasteiger partial charge in [0, 0.05) is 16.3 Å². The largest absolute Gasteiger partial charge is 0.465 e. The maximum atomic E-state index is 12.8. The molecule has 0 radical (unpaired) electrons. The topological polar surface area (TPSA) is 55.4 Å². The summed E-state index contributed by atoms with van der Waals surface area (Å²) in [5, 5.41) is 3.09. The van der Waals surface area contributed by atoms with Crippen molar-refractivity contribution in [2.24, 2.45) is 0 Å². The molecule has 0 bridgehead atoms. The number of carbonyl (C=O) groups is 2. The smallest absolute Gasteiger partial charge is 0.339 e. The molecule has 0 saturated heterocycles. The van der Waals surface area contributed by atoms with Gasteiger partial charge in [0.25, 0.3) is 5.91 Å². The average molecular weight is 412 g/mol. The highest BCUT2D eigenvalue weighted by Crippen LogP contribution is 2.27. The Bertz CT molecular complexity index is 992. The lowest BCUT2D eigenvalue weighted by Gasteiger charge is -2.11. The van der Waals surface area contributed by atoms with E-state index in [1.54, 1.807) is 30.0 Å². The number of esters is 1. The predicted molar refractivity (Wildman–Crippen MR) is 113 cm³/mol. The normalized spacial score (nSPS) is 10.4. The van der Waals surface area contributed by atoms with Gasteiger partial charge in [-0.1, -0.05) is 54.1 Å². The zero-order chi connectivity index (χ0) is 19.9. The van der Waals surface area contributed by atoms with Crippen LogP contribution in [0.5, 0.6) is 0 Å². The SMILES string of the molecule is COC(=O)c1cc(NC(=O)c2ccccc2SCc2ccccc2)ccc1Cl. The molecule has 0 saturated carbocycles. The fraction of sp³-hybridized carbons (Fsp3) is 0.0909. The van der Waals surface area contributed by atoms with E-state index in [2.05, 4.69) is 17.4 Å². The summed E-state index contributed by atoms with van der Waals surface area (Å²) >= 11 is 7.63. The van der Waals surface area contributed by atoms with E-state index in [0.717, 1.165) is 10.6 Å². The number of benzene rings is 3. The highest BCUT2D eigenvalue weighted by atomic mass is 35.5. The van der Waals surface area contributed by atoms with Gasteiger partial charge in [-0.3, -0.25) is 4.79 Å². The van der Waals surface area contributed by atoms with Gasteiger partial charge in [-0.25, -0.2) is 4.79 Å². The molecule has 0 spiro atoms. The molecule has 28 heavy (non-hydrogen) atoms. The van der Waals surface area contributed by atoms with E-state index in [9.17, 15) is 9.59 Å². The molecule has 0 fully saturated rings. The van der Waals surface area contributed by atoms with Crippen LogP contribution in [0, 0.1) is 0 Å². The van der Waals surface area contributed by atoms with Crippen molar-refractivity contribution in [3.8, 4) is 0 Å². The lowest BCUT2D eigenvalue weighted by molar-refractivity contribution is 0.0600. The first-order valence-electron chi connectivity index (χ1n) is 8.53. The minimum absolute atomic E-state index is 0.203. The average Bonchev–Trinajstić information content (AvgIpc) is 2.74. The second-order valence-corrected chi connectivity index (χ2v) is 7.34. The van der Waals surface area contributed by atoms with Gasteiger partial charge in [-0.05, 0) is 35.9 Å². The summed E-state index contributed by atoms with van der Waals surface area (Å²) in [6.45, 7) is 0. The molecule has 0 aliphatic rings. The molecule has 3 aromatic rings. The van der Waals surface area contributed by atoms with Gasteiger partial charge < -0.3 is 10.1 Å². The number of carbonyl (C=O) groups excluding carboxylic acids is 2. The second-order valence-electron chi connectivity index (χ2n) is 5.91. The van der Waals surface area contributed by atoms with Gasteiger partial charge >= 0.3 is 5.97 Å². The van der Waals surface area contributed by atoms with Crippen molar-refractivity contribution < 1.29 is 14.3 Å². The van der Waals surface area contributed by atoms with Crippen molar-refractivity contribution in [1.82, 2.24) is 0 Å². The Hall–Kier alpha value is -2.76. The zero-order valence-corrected chi connectivity index (χ0v) is 16.7. The Morgan fingerprint density at radius 2 is 1.68 bits per heavy atom. The lowest BCUT2D eigenvalue weighted by atomic mass is 10.1. The van der Waals surface area contributed by atoms with Gasteiger partial charge in [-0.15, -0.1) is 11.8 Å². The Morgan fingerprint density at radius 3 is 2.43 bits per heavy atom. The molecule has 1 N–H and O–H groups in total. The van der Waals surface area contributed by atoms with Gasteiger partial charge in [0.2, 0.25) is 0 Å². The van der Waals surface area contributed by atoms with E-state index in [1.807, 2.05) is 36.4 Å². The summed E-state index contributed by atoms with van der Waals surface area (Å²) in [5.74, 6) is -0.0484. The minimum Gasteiger partial charge on any atom is -0.465 e. The first-order valence-corrected chi connectivity index (χ1v) is 9.90. The van der Waals surface area contributed by atoms with Crippen LogP contribution < -0.4 is 5.32 Å². The van der Waals surface area contributed by atoms with Crippen molar-refractivity contribution in [1.29, 1.82) is 0 Å². The molecular weight excluding hydrogens is 394 g/mol. The first kappa shape index (κ1) is 20.0. The molecule has 0 heterocycles. The Kier molecular flexibility index (Phi) is 6.74. The molecule has 3 aromatic carbocycles. The van der Waals surface area contributed by atoms with Gasteiger partial charge in [0.05, 0.1) is 23.3 Å². The van der Waals surface area contributed by atoms with Crippen LogP contribution in [-0.4, -0.2) is 19.0 Å². The Labute approximate surface area is 172 Å². The number of thioether (sulfide) groups is 1. The number of ether oxygens (including phenoxy) is 1. The van der Waals surface area contributed by atoms with Crippen molar-refractivity contribution in [2.75, 3.05) is 12.4 Å². The fourth-order valence-electron chi connectivity index (χ4n) is 2.58. The van der Waals surface area contributed by atoms with Crippen molar-refractivity contribution in [2.45, 2.75) is 10.6 Å². The number of halogens is 1. The molecular formula is C22H18ClNO3S. The molecule has 142 valence electrons. The predicted octanol–water partition coefficient (Wildman–Crippen LogP) is 5.67. The van der Waals surface area contributed by atoms with E-state index in [0.29, 0.717) is 11.3 Å². The molecule has 0 atom stereocenters. The third kappa shape index (κ3) is 4.94. The van der Waals surface area contributed by atoms with Crippen LogP contribution in [-0.2, 0) is 10.5 Å². The number of hydrogen-bond donors (Lipinski definition) is 1. The van der Waals surface area contributed by atoms with Crippen molar-refractivity contribution in [3.63, 3.8) is 0 Å². The standard InChI is InChI=1S/C22H18ClNO3S/c1-27-22(26)18-13-16(11-12-19(18)23)24-21(25)17-9-5-6-10-20(17)28-14-15-7-3-2-4-8-15/h2-13H,14H2,1H3,(H,24,25). The van der Waals surface area contributed by atoms with Crippen LogP contribution in [0.2, 0.25) is 5.02 Å². The van der Waals surface area contributed by atoms with E-state index in [1.165, 1.54) is 18.7 Å². The minimum atomic E-state index is -0.556. The lowest BCUT2D eigenvalue weighted by Crippen LogP contribution is -2.14. The molecule has 0 unspecified atom stereocenters. The van der Waals surface area contributed by atoms with Crippen molar-refractivity contribution >= 4 is 40.9 Å². The number of rotatable bonds is 6. The molecule has 0 aliphatic heterocycles. The van der Waals surface area contributed by atoms with Crippen LogP contribution in [0.4, 0.5) is 5.69 Å². The molecule has 0 aliphatic carbocycles. The van der Waals surface area contributed by atoms with E-state index < -0.39 is 5.97 Å². The summed E-state index contributed by atoms with van der Waals surface area (Å²) in [6, 6.07) is 22.2. The van der Waals surface area contributed by atoms with Gasteiger partial charge in [0.1, 0.15) is 0 Å². The molecule has 1 amide bonds. The van der Waals surface area contributed by atoms with Crippen LogP contribution in [0.15, 0.2) is 77.7 Å². The Morgan fingerprint density at radius 1 is 0.964 bits per heavy atom. The Balaban J connectivity index is 1.77. The molecule has 4 nitrogen and oxygen atoms in total. The summed E-state index contributed by atoms with van der Waals surface area (Å²) in [7, 11) is 1.28.